The second-order valence-electron chi connectivity index (χ2n) is 1.56. The minimum Gasteiger partial charge on any atom is -0.442 e. The minimum atomic E-state index is -0.809. The Morgan fingerprint density at radius 1 is 1.73 bits per heavy atom. The summed E-state index contributed by atoms with van der Waals surface area (Å²) in [6.07, 6.45) is -0.809. The highest BCUT2D eigenvalue weighted by Gasteiger charge is 2.02. The van der Waals surface area contributed by atoms with Crippen molar-refractivity contribution in [3.8, 4) is 0 Å². The maximum absolute atomic E-state index is 10.1. The van der Waals surface area contributed by atoms with Crippen LogP contribution < -0.4 is 5.73 Å². The van der Waals surface area contributed by atoms with Crippen molar-refractivity contribution in [2.45, 2.75) is 6.61 Å². The van der Waals surface area contributed by atoms with Gasteiger partial charge in [-0.25, -0.2) is 4.79 Å². The zero-order valence-corrected chi connectivity index (χ0v) is 7.68. The van der Waals surface area contributed by atoms with Gasteiger partial charge in [0.2, 0.25) is 0 Å². The summed E-state index contributed by atoms with van der Waals surface area (Å²) in [6.45, 7) is 0.0819. The first kappa shape index (κ1) is 8.41. The first-order valence-electron chi connectivity index (χ1n) is 2.58. The molecule has 1 rings (SSSR count). The fourth-order valence-corrected chi connectivity index (χ4v) is 1.54. The molecule has 7 heteroatoms. The summed E-state index contributed by atoms with van der Waals surface area (Å²) >= 11 is 4.40. The van der Waals surface area contributed by atoms with Crippen molar-refractivity contribution in [1.29, 1.82) is 0 Å². The van der Waals surface area contributed by atoms with Gasteiger partial charge in [0.1, 0.15) is 6.61 Å². The van der Waals surface area contributed by atoms with E-state index >= 15 is 0 Å². The van der Waals surface area contributed by atoms with Crippen molar-refractivity contribution in [2.24, 2.45) is 5.73 Å². The summed E-state index contributed by atoms with van der Waals surface area (Å²) in [5.41, 5.74) is 4.73. The number of aromatic nitrogens is 2. The Kier molecular flexibility index (Phi) is 2.77. The third-order valence-corrected chi connectivity index (χ3v) is 2.11. The van der Waals surface area contributed by atoms with Gasteiger partial charge in [-0.15, -0.1) is 10.2 Å². The van der Waals surface area contributed by atoms with E-state index in [9.17, 15) is 4.79 Å². The Labute approximate surface area is 74.7 Å². The van der Waals surface area contributed by atoms with Gasteiger partial charge in [-0.3, -0.25) is 0 Å². The normalized spacial score (nSPS) is 9.55. The van der Waals surface area contributed by atoms with E-state index in [2.05, 4.69) is 30.9 Å². The zero-order valence-electron chi connectivity index (χ0n) is 5.28. The number of halogens is 1. The van der Waals surface area contributed by atoms with Crippen molar-refractivity contribution in [3.63, 3.8) is 0 Å². The number of nitrogens with two attached hydrogens (primary N) is 1. The van der Waals surface area contributed by atoms with Crippen LogP contribution in [-0.2, 0) is 11.3 Å². The largest absolute Gasteiger partial charge is 0.442 e. The highest BCUT2D eigenvalue weighted by Crippen LogP contribution is 2.15. The van der Waals surface area contributed by atoms with Crippen LogP contribution in [0, 0.1) is 0 Å². The van der Waals surface area contributed by atoms with Crippen molar-refractivity contribution in [3.05, 3.63) is 8.92 Å². The lowest BCUT2D eigenvalue weighted by Crippen LogP contribution is -2.12. The van der Waals surface area contributed by atoms with Gasteiger partial charge < -0.3 is 10.5 Å². The van der Waals surface area contributed by atoms with Gasteiger partial charge in [-0.1, -0.05) is 11.3 Å². The van der Waals surface area contributed by atoms with Gasteiger partial charge in [0.25, 0.3) is 0 Å². The molecule has 0 saturated heterocycles. The third-order valence-electron chi connectivity index (χ3n) is 0.780. The average Bonchev–Trinajstić information content (AvgIpc) is 2.31. The quantitative estimate of drug-likeness (QED) is 0.829. The van der Waals surface area contributed by atoms with Gasteiger partial charge in [0.15, 0.2) is 8.92 Å². The molecule has 0 aliphatic carbocycles. The Morgan fingerprint density at radius 3 is 2.91 bits per heavy atom. The maximum Gasteiger partial charge on any atom is 0.404 e. The number of ether oxygens (including phenoxy) is 1. The van der Waals surface area contributed by atoms with Crippen LogP contribution in [0.2, 0.25) is 0 Å². The van der Waals surface area contributed by atoms with Crippen molar-refractivity contribution in [1.82, 2.24) is 10.2 Å². The van der Waals surface area contributed by atoms with Gasteiger partial charge in [-0.2, -0.15) is 0 Å². The number of hydrogen-bond donors (Lipinski definition) is 1. The summed E-state index contributed by atoms with van der Waals surface area (Å²) in [7, 11) is 0. The van der Waals surface area contributed by atoms with E-state index in [-0.39, 0.29) is 6.61 Å². The number of carbonyl (C=O) groups is 1. The molecule has 0 spiro atoms. The first-order valence-corrected chi connectivity index (χ1v) is 4.19. The van der Waals surface area contributed by atoms with Crippen LogP contribution in [-0.4, -0.2) is 16.3 Å². The molecule has 1 aromatic heterocycles. The van der Waals surface area contributed by atoms with E-state index in [0.29, 0.717) is 8.92 Å². The molecule has 0 radical (unpaired) electrons. The molecular weight excluding hydrogens is 234 g/mol. The first-order chi connectivity index (χ1) is 5.18. The fraction of sp³-hybridized carbons (Fsp3) is 0.250. The van der Waals surface area contributed by atoms with Crippen LogP contribution in [0.15, 0.2) is 3.92 Å². The second kappa shape index (κ2) is 3.63. The highest BCUT2D eigenvalue weighted by atomic mass is 79.9. The summed E-state index contributed by atoms with van der Waals surface area (Å²) in [4.78, 5) is 10.1. The van der Waals surface area contributed by atoms with E-state index in [4.69, 9.17) is 5.73 Å². The third kappa shape index (κ3) is 2.81. The van der Waals surface area contributed by atoms with E-state index < -0.39 is 6.09 Å². The summed E-state index contributed by atoms with van der Waals surface area (Å²) in [6, 6.07) is 0. The minimum absolute atomic E-state index is 0.0819. The van der Waals surface area contributed by atoms with Gasteiger partial charge in [0, 0.05) is 0 Å². The average molecular weight is 238 g/mol. The molecule has 0 bridgehead atoms. The molecule has 11 heavy (non-hydrogen) atoms. The molecule has 5 nitrogen and oxygen atoms in total. The molecular formula is C4H4BrN3O2S. The number of hydrogen-bond acceptors (Lipinski definition) is 5. The Balaban J connectivity index is 2.45. The molecule has 0 aliphatic rings. The van der Waals surface area contributed by atoms with Gasteiger partial charge in [-0.05, 0) is 15.9 Å². The fourth-order valence-electron chi connectivity index (χ4n) is 0.424. The lowest BCUT2D eigenvalue weighted by atomic mass is 10.8. The van der Waals surface area contributed by atoms with E-state index in [1.54, 1.807) is 0 Å². The Bertz CT molecular complexity index is 264. The monoisotopic (exact) mass is 237 g/mol. The number of rotatable bonds is 2. The molecule has 1 aromatic rings. The van der Waals surface area contributed by atoms with Crippen LogP contribution in [0.25, 0.3) is 0 Å². The van der Waals surface area contributed by atoms with Crippen LogP contribution in [0.4, 0.5) is 4.79 Å². The number of amides is 1. The number of nitrogens with zero attached hydrogens (tertiary/aromatic N) is 2. The highest BCUT2D eigenvalue weighted by molar-refractivity contribution is 9.11. The van der Waals surface area contributed by atoms with Gasteiger partial charge >= 0.3 is 6.09 Å². The molecule has 0 atom stereocenters. The Hall–Kier alpha value is -0.690. The predicted octanol–water partition coefficient (Wildman–Crippen LogP) is 0.896. The smallest absolute Gasteiger partial charge is 0.404 e. The van der Waals surface area contributed by atoms with Crippen molar-refractivity contribution >= 4 is 33.4 Å². The summed E-state index contributed by atoms with van der Waals surface area (Å²) in [5.74, 6) is 0. The number of primary amides is 1. The van der Waals surface area contributed by atoms with Crippen molar-refractivity contribution in [2.75, 3.05) is 0 Å². The topological polar surface area (TPSA) is 78.1 Å². The zero-order chi connectivity index (χ0) is 8.27. The standard InChI is InChI=1S/C4H4BrN3O2S/c5-3-8-7-2(11-3)1-10-4(6)9/h1H2,(H2,6,9). The molecule has 0 aromatic carbocycles. The van der Waals surface area contributed by atoms with Crippen molar-refractivity contribution < 1.29 is 9.53 Å². The van der Waals surface area contributed by atoms with Gasteiger partial charge in [0.05, 0.1) is 0 Å². The lowest BCUT2D eigenvalue weighted by Gasteiger charge is -1.93. The molecule has 0 saturated carbocycles. The molecule has 1 amide bonds. The second-order valence-corrected chi connectivity index (χ2v) is 3.89. The summed E-state index contributed by atoms with van der Waals surface area (Å²) in [5, 5.41) is 7.93. The molecule has 0 unspecified atom stereocenters. The number of carbonyl (C=O) groups excluding carboxylic acids is 1. The van der Waals surface area contributed by atoms with Crippen LogP contribution in [0.3, 0.4) is 0 Å². The Morgan fingerprint density at radius 2 is 2.45 bits per heavy atom. The SMILES string of the molecule is NC(=O)OCc1nnc(Br)s1. The van der Waals surface area contributed by atoms with E-state index in [1.807, 2.05) is 0 Å². The molecule has 0 fully saturated rings. The van der Waals surface area contributed by atoms with E-state index in [1.165, 1.54) is 11.3 Å². The maximum atomic E-state index is 10.1. The molecule has 0 aliphatic heterocycles. The molecule has 60 valence electrons. The van der Waals surface area contributed by atoms with Crippen LogP contribution >= 0.6 is 27.3 Å². The molecule has 2 N–H and O–H groups in total. The predicted molar refractivity (Wildman–Crippen MR) is 42.0 cm³/mol. The van der Waals surface area contributed by atoms with Crippen LogP contribution in [0.1, 0.15) is 5.01 Å². The van der Waals surface area contributed by atoms with Crippen LogP contribution in [0.5, 0.6) is 0 Å². The lowest BCUT2D eigenvalue weighted by molar-refractivity contribution is 0.150. The summed E-state index contributed by atoms with van der Waals surface area (Å²) < 4.78 is 5.12. The molecule has 1 heterocycles. The van der Waals surface area contributed by atoms with E-state index in [0.717, 1.165) is 0 Å².